The van der Waals surface area contributed by atoms with Crippen LogP contribution in [0.15, 0.2) is 78.9 Å². The van der Waals surface area contributed by atoms with Crippen LogP contribution in [0.1, 0.15) is 62.0 Å². The monoisotopic (exact) mass is 556 g/mol. The highest BCUT2D eigenvalue weighted by Crippen LogP contribution is 2.42. The van der Waals surface area contributed by atoms with Crippen LogP contribution < -0.4 is 5.32 Å². The van der Waals surface area contributed by atoms with E-state index in [0.717, 1.165) is 28.1 Å². The van der Waals surface area contributed by atoms with Crippen molar-refractivity contribution in [3.05, 3.63) is 96.0 Å². The van der Waals surface area contributed by atoms with Crippen molar-refractivity contribution in [3.8, 4) is 22.4 Å². The SMILES string of the molecule is CC(C)c1c(C(=O)NC2C=CC=CC2C)c(-c2ccccc2)c(-c2ccc(F)cc2)n1CC[C@@H]1C[C@@H](O)CC(=O)O1. The molecule has 6 nitrogen and oxygen atoms in total. The van der Waals surface area contributed by atoms with Gasteiger partial charge in [0.15, 0.2) is 0 Å². The van der Waals surface area contributed by atoms with Gasteiger partial charge in [-0.15, -0.1) is 0 Å². The first-order chi connectivity index (χ1) is 19.7. The topological polar surface area (TPSA) is 80.6 Å². The number of hydrogen-bond acceptors (Lipinski definition) is 4. The average molecular weight is 557 g/mol. The molecule has 7 heteroatoms. The molecule has 0 bridgehead atoms. The van der Waals surface area contributed by atoms with E-state index in [2.05, 4.69) is 36.7 Å². The number of aromatic nitrogens is 1. The van der Waals surface area contributed by atoms with E-state index in [9.17, 15) is 19.1 Å². The molecule has 1 aromatic heterocycles. The first-order valence-electron chi connectivity index (χ1n) is 14.3. The van der Waals surface area contributed by atoms with Crippen molar-refractivity contribution in [2.75, 3.05) is 0 Å². The number of aliphatic hydroxyl groups excluding tert-OH is 1. The molecule has 2 aromatic carbocycles. The number of aliphatic hydroxyl groups is 1. The molecule has 0 saturated carbocycles. The van der Waals surface area contributed by atoms with Crippen molar-refractivity contribution in [1.29, 1.82) is 0 Å². The molecule has 214 valence electrons. The van der Waals surface area contributed by atoms with Crippen molar-refractivity contribution < 1.29 is 23.8 Å². The zero-order chi connectivity index (χ0) is 29.1. The van der Waals surface area contributed by atoms with Gasteiger partial charge in [0, 0.05) is 30.6 Å². The third kappa shape index (κ3) is 6.20. The average Bonchev–Trinajstić information content (AvgIpc) is 3.29. The Balaban J connectivity index is 1.69. The Kier molecular flexibility index (Phi) is 8.54. The summed E-state index contributed by atoms with van der Waals surface area (Å²) in [6.07, 6.45) is 7.68. The molecule has 2 aliphatic rings. The molecule has 1 aliphatic heterocycles. The van der Waals surface area contributed by atoms with Crippen molar-refractivity contribution in [2.24, 2.45) is 5.92 Å². The van der Waals surface area contributed by atoms with Gasteiger partial charge in [0.2, 0.25) is 0 Å². The minimum absolute atomic E-state index is 0.00376. The zero-order valence-corrected chi connectivity index (χ0v) is 23.7. The Labute approximate surface area is 240 Å². The number of carbonyl (C=O) groups excluding carboxylic acids is 2. The number of esters is 1. The number of halogens is 1. The Bertz CT molecular complexity index is 1460. The summed E-state index contributed by atoms with van der Waals surface area (Å²) in [6, 6.07) is 16.0. The standard InChI is InChI=1S/C34H37FN2O4/c1-21(2)32-31(34(40)36-28-12-8-7-9-22(28)3)30(23-10-5-4-6-11-23)33(24-13-15-25(35)16-14-24)37(32)18-17-27-19-26(38)20-29(39)41-27/h4-16,21-22,26-28,38H,17-20H2,1-3H3,(H,36,40)/t22?,26-,27-,28?/m1/s1. The van der Waals surface area contributed by atoms with Crippen molar-refractivity contribution in [3.63, 3.8) is 0 Å². The molecule has 2 unspecified atom stereocenters. The normalized spacial score (nSPS) is 22.1. The fourth-order valence-electron chi connectivity index (χ4n) is 5.93. The second kappa shape index (κ2) is 12.3. The van der Waals surface area contributed by atoms with Gasteiger partial charge in [-0.25, -0.2) is 4.39 Å². The number of rotatable bonds is 8. The fourth-order valence-corrected chi connectivity index (χ4v) is 5.93. The summed E-state index contributed by atoms with van der Waals surface area (Å²) < 4.78 is 21.8. The van der Waals surface area contributed by atoms with Crippen LogP contribution in [0.3, 0.4) is 0 Å². The van der Waals surface area contributed by atoms with E-state index in [1.807, 2.05) is 48.6 Å². The largest absolute Gasteiger partial charge is 0.462 e. The first kappa shape index (κ1) is 28.6. The highest BCUT2D eigenvalue weighted by atomic mass is 19.1. The zero-order valence-electron chi connectivity index (χ0n) is 23.7. The summed E-state index contributed by atoms with van der Waals surface area (Å²) in [5, 5.41) is 13.4. The van der Waals surface area contributed by atoms with Crippen molar-refractivity contribution in [1.82, 2.24) is 9.88 Å². The number of nitrogens with one attached hydrogen (secondary N) is 1. The lowest BCUT2D eigenvalue weighted by Gasteiger charge is -2.27. The van der Waals surface area contributed by atoms with Gasteiger partial charge in [-0.2, -0.15) is 0 Å². The maximum atomic E-state index is 14.3. The van der Waals surface area contributed by atoms with Gasteiger partial charge < -0.3 is 19.7 Å². The molecule has 4 atom stereocenters. The molecule has 2 N–H and O–H groups in total. The fraction of sp³-hybridized carbons (Fsp3) is 0.353. The first-order valence-corrected chi connectivity index (χ1v) is 14.3. The predicted octanol–water partition coefficient (Wildman–Crippen LogP) is 6.40. The molecule has 3 aromatic rings. The molecule has 1 aliphatic carbocycles. The molecule has 1 saturated heterocycles. The summed E-state index contributed by atoms with van der Waals surface area (Å²) >= 11 is 0. The van der Waals surface area contributed by atoms with Crippen LogP contribution in [-0.2, 0) is 16.1 Å². The van der Waals surface area contributed by atoms with E-state index in [-0.39, 0.29) is 36.0 Å². The summed E-state index contributed by atoms with van der Waals surface area (Å²) in [4.78, 5) is 26.3. The minimum Gasteiger partial charge on any atom is -0.462 e. The third-order valence-electron chi connectivity index (χ3n) is 7.88. The molecule has 2 heterocycles. The van der Waals surface area contributed by atoms with E-state index >= 15 is 0 Å². The quantitative estimate of drug-likeness (QED) is 0.315. The van der Waals surface area contributed by atoms with E-state index < -0.39 is 18.2 Å². The number of ether oxygens (including phenoxy) is 1. The molecule has 0 spiro atoms. The van der Waals surface area contributed by atoms with Gasteiger partial charge in [-0.3, -0.25) is 9.59 Å². The van der Waals surface area contributed by atoms with Crippen LogP contribution >= 0.6 is 0 Å². The number of hydrogen-bond donors (Lipinski definition) is 2. The van der Waals surface area contributed by atoms with E-state index in [4.69, 9.17) is 4.74 Å². The van der Waals surface area contributed by atoms with Crippen LogP contribution in [0.25, 0.3) is 22.4 Å². The van der Waals surface area contributed by atoms with Crippen LogP contribution in [0.5, 0.6) is 0 Å². The van der Waals surface area contributed by atoms with Crippen molar-refractivity contribution in [2.45, 2.75) is 70.7 Å². The van der Waals surface area contributed by atoms with Crippen molar-refractivity contribution >= 4 is 11.9 Å². The Morgan fingerprint density at radius 3 is 2.44 bits per heavy atom. The van der Waals surface area contributed by atoms with Gasteiger partial charge in [0.25, 0.3) is 5.91 Å². The van der Waals surface area contributed by atoms with Gasteiger partial charge >= 0.3 is 5.97 Å². The lowest BCUT2D eigenvalue weighted by molar-refractivity contribution is -0.160. The minimum atomic E-state index is -0.729. The highest BCUT2D eigenvalue weighted by Gasteiger charge is 2.33. The maximum absolute atomic E-state index is 14.3. The molecule has 1 fully saturated rings. The summed E-state index contributed by atoms with van der Waals surface area (Å²) in [6.45, 7) is 6.63. The Morgan fingerprint density at radius 1 is 1.07 bits per heavy atom. The van der Waals surface area contributed by atoms with E-state index in [1.165, 1.54) is 12.1 Å². The maximum Gasteiger partial charge on any atom is 0.308 e. The predicted molar refractivity (Wildman–Crippen MR) is 158 cm³/mol. The van der Waals surface area contributed by atoms with E-state index in [0.29, 0.717) is 24.9 Å². The van der Waals surface area contributed by atoms with E-state index in [1.54, 1.807) is 12.1 Å². The van der Waals surface area contributed by atoms with Gasteiger partial charge in [0.05, 0.1) is 29.8 Å². The summed E-state index contributed by atoms with van der Waals surface area (Å²) in [5.74, 6) is -0.822. The van der Waals surface area contributed by atoms with Crippen LogP contribution in [0, 0.1) is 11.7 Å². The second-order valence-corrected chi connectivity index (χ2v) is 11.3. The number of amides is 1. The molecule has 0 radical (unpaired) electrons. The molecule has 5 rings (SSSR count). The number of benzene rings is 2. The Morgan fingerprint density at radius 2 is 1.78 bits per heavy atom. The number of carbonyl (C=O) groups is 2. The molecule has 41 heavy (non-hydrogen) atoms. The van der Waals surface area contributed by atoms with Crippen LogP contribution in [-0.4, -0.2) is 39.8 Å². The molecule has 1 amide bonds. The lowest BCUT2D eigenvalue weighted by atomic mass is 9.93. The van der Waals surface area contributed by atoms with Gasteiger partial charge in [0.1, 0.15) is 11.9 Å². The second-order valence-electron chi connectivity index (χ2n) is 11.3. The highest BCUT2D eigenvalue weighted by molar-refractivity contribution is 6.06. The summed E-state index contributed by atoms with van der Waals surface area (Å²) in [5.41, 5.74) is 4.68. The Hall–Kier alpha value is -3.97. The van der Waals surface area contributed by atoms with Gasteiger partial charge in [-0.05, 0) is 47.2 Å². The van der Waals surface area contributed by atoms with Crippen LogP contribution in [0.2, 0.25) is 0 Å². The molecular formula is C34H37FN2O4. The third-order valence-corrected chi connectivity index (χ3v) is 7.88. The van der Waals surface area contributed by atoms with Crippen LogP contribution in [0.4, 0.5) is 4.39 Å². The smallest absolute Gasteiger partial charge is 0.308 e. The summed E-state index contributed by atoms with van der Waals surface area (Å²) in [7, 11) is 0. The van der Waals surface area contributed by atoms with Gasteiger partial charge in [-0.1, -0.05) is 75.4 Å². The molecular weight excluding hydrogens is 519 g/mol. The lowest BCUT2D eigenvalue weighted by Crippen LogP contribution is -2.38. The number of nitrogens with zero attached hydrogens (tertiary/aromatic N) is 1. The number of cyclic esters (lactones) is 1. The number of allylic oxidation sites excluding steroid dienone is 2.